The summed E-state index contributed by atoms with van der Waals surface area (Å²) in [5.74, 6) is 0. The van der Waals surface area contributed by atoms with E-state index in [1.54, 1.807) is 0 Å². The molecule has 4 nitrogen and oxygen atoms in total. The van der Waals surface area contributed by atoms with Gasteiger partial charge in [0.15, 0.2) is 0 Å². The highest BCUT2D eigenvalue weighted by Crippen LogP contribution is 2.10. The lowest BCUT2D eigenvalue weighted by atomic mass is 9.98. The molecule has 0 spiro atoms. The van der Waals surface area contributed by atoms with E-state index in [4.69, 9.17) is 0 Å². The maximum absolute atomic E-state index is 9.28. The van der Waals surface area contributed by atoms with Gasteiger partial charge in [-0.3, -0.25) is 0 Å². The number of aliphatic hydroxyl groups is 2. The second kappa shape index (κ2) is 6.03. The smallest absolute Gasteiger partial charge is 0.0648 e. The molecular weight excluding hydrogens is 204 g/mol. The minimum absolute atomic E-state index is 0.0471. The summed E-state index contributed by atoms with van der Waals surface area (Å²) < 4.78 is 2.10. The van der Waals surface area contributed by atoms with Gasteiger partial charge in [0.2, 0.25) is 0 Å². The van der Waals surface area contributed by atoms with Crippen LogP contribution in [0.3, 0.4) is 0 Å². The van der Waals surface area contributed by atoms with Gasteiger partial charge in [0.1, 0.15) is 0 Å². The number of rotatable bonds is 7. The molecule has 92 valence electrons. The lowest BCUT2D eigenvalue weighted by molar-refractivity contribution is 0.0864. The normalized spacial score (nSPS) is 12.0. The third-order valence-electron chi connectivity index (χ3n) is 3.13. The second-order valence-electron chi connectivity index (χ2n) is 4.15. The first-order valence-electron chi connectivity index (χ1n) is 5.81. The van der Waals surface area contributed by atoms with Gasteiger partial charge in [-0.05, 0) is 25.0 Å². The van der Waals surface area contributed by atoms with Gasteiger partial charge in [0.05, 0.1) is 18.8 Å². The van der Waals surface area contributed by atoms with Crippen LogP contribution in [0.5, 0.6) is 0 Å². The predicted octanol–water partition coefficient (Wildman–Crippen LogP) is 0.731. The topological polar surface area (TPSA) is 57.4 Å². The summed E-state index contributed by atoms with van der Waals surface area (Å²) in [4.78, 5) is 0. The van der Waals surface area contributed by atoms with Crippen molar-refractivity contribution in [3.63, 3.8) is 0 Å². The highest BCUT2D eigenvalue weighted by atomic mass is 16.3. The molecule has 0 saturated heterocycles. The van der Waals surface area contributed by atoms with Crippen LogP contribution in [0.2, 0.25) is 0 Å². The molecular formula is C12H22N2O2. The van der Waals surface area contributed by atoms with Crippen LogP contribution in [-0.4, -0.2) is 33.5 Å². The lowest BCUT2D eigenvalue weighted by Gasteiger charge is -2.29. The van der Waals surface area contributed by atoms with Crippen LogP contribution >= 0.6 is 0 Å². The van der Waals surface area contributed by atoms with Crippen LogP contribution in [0, 0.1) is 0 Å². The molecule has 1 aromatic rings. The SMILES string of the molecule is CCn1ccc(CNC(CC)(CO)CO)c1. The average molecular weight is 226 g/mol. The van der Waals surface area contributed by atoms with Crippen LogP contribution in [0.4, 0.5) is 0 Å². The maximum Gasteiger partial charge on any atom is 0.0648 e. The highest BCUT2D eigenvalue weighted by Gasteiger charge is 2.25. The molecule has 1 heterocycles. The van der Waals surface area contributed by atoms with Gasteiger partial charge in [-0.2, -0.15) is 0 Å². The van der Waals surface area contributed by atoms with Gasteiger partial charge in [-0.25, -0.2) is 0 Å². The first-order valence-corrected chi connectivity index (χ1v) is 5.81. The fourth-order valence-electron chi connectivity index (χ4n) is 1.59. The van der Waals surface area contributed by atoms with Crippen molar-refractivity contribution in [2.24, 2.45) is 0 Å². The van der Waals surface area contributed by atoms with E-state index in [2.05, 4.69) is 23.0 Å². The molecule has 0 saturated carbocycles. The average Bonchev–Trinajstić information content (AvgIpc) is 2.80. The van der Waals surface area contributed by atoms with Crippen molar-refractivity contribution in [3.05, 3.63) is 24.0 Å². The Bertz CT molecular complexity index is 297. The zero-order valence-corrected chi connectivity index (χ0v) is 10.1. The number of nitrogens with one attached hydrogen (secondary N) is 1. The molecule has 0 aliphatic rings. The minimum Gasteiger partial charge on any atom is -0.394 e. The molecule has 0 aromatic carbocycles. The van der Waals surface area contributed by atoms with Crippen LogP contribution in [-0.2, 0) is 13.1 Å². The molecule has 0 amide bonds. The maximum atomic E-state index is 9.28. The Labute approximate surface area is 96.9 Å². The predicted molar refractivity (Wildman–Crippen MR) is 64.1 cm³/mol. The fourth-order valence-corrected chi connectivity index (χ4v) is 1.59. The minimum atomic E-state index is -0.561. The molecule has 1 aromatic heterocycles. The third-order valence-corrected chi connectivity index (χ3v) is 3.13. The third kappa shape index (κ3) is 3.07. The molecule has 0 aliphatic carbocycles. The summed E-state index contributed by atoms with van der Waals surface area (Å²) in [6.45, 7) is 5.58. The molecule has 0 aliphatic heterocycles. The quantitative estimate of drug-likeness (QED) is 0.642. The van der Waals surface area contributed by atoms with Crippen LogP contribution in [0.25, 0.3) is 0 Å². The Kier molecular flexibility index (Phi) is 4.99. The van der Waals surface area contributed by atoms with Crippen LogP contribution in [0.1, 0.15) is 25.8 Å². The summed E-state index contributed by atoms with van der Waals surface area (Å²) in [5, 5.41) is 21.8. The number of hydrogen-bond acceptors (Lipinski definition) is 3. The van der Waals surface area contributed by atoms with E-state index in [-0.39, 0.29) is 13.2 Å². The standard InChI is InChI=1S/C12H22N2O2/c1-3-12(9-15,10-16)13-7-11-5-6-14(4-2)8-11/h5-6,8,13,15-16H,3-4,7,9-10H2,1-2H3. The van der Waals surface area contributed by atoms with Crippen molar-refractivity contribution < 1.29 is 10.2 Å². The van der Waals surface area contributed by atoms with E-state index in [0.717, 1.165) is 6.54 Å². The Balaban J connectivity index is 2.55. The van der Waals surface area contributed by atoms with Gasteiger partial charge in [0, 0.05) is 25.5 Å². The largest absolute Gasteiger partial charge is 0.394 e. The Morgan fingerprint density at radius 3 is 2.44 bits per heavy atom. The van der Waals surface area contributed by atoms with E-state index >= 15 is 0 Å². The Morgan fingerprint density at radius 1 is 1.31 bits per heavy atom. The van der Waals surface area contributed by atoms with Crippen molar-refractivity contribution in [2.45, 2.75) is 38.9 Å². The summed E-state index contributed by atoms with van der Waals surface area (Å²) in [7, 11) is 0. The van der Waals surface area contributed by atoms with Crippen molar-refractivity contribution >= 4 is 0 Å². The molecule has 3 N–H and O–H groups in total. The zero-order chi connectivity index (χ0) is 12.0. The molecule has 4 heteroatoms. The van der Waals surface area contributed by atoms with E-state index in [1.807, 2.05) is 19.2 Å². The number of aromatic nitrogens is 1. The summed E-state index contributed by atoms with van der Waals surface area (Å²) in [6.07, 6.45) is 4.80. The van der Waals surface area contributed by atoms with Gasteiger partial charge in [-0.1, -0.05) is 6.92 Å². The molecule has 0 unspecified atom stereocenters. The molecule has 16 heavy (non-hydrogen) atoms. The van der Waals surface area contributed by atoms with Gasteiger partial charge in [-0.15, -0.1) is 0 Å². The summed E-state index contributed by atoms with van der Waals surface area (Å²) in [5.41, 5.74) is 0.607. The van der Waals surface area contributed by atoms with Crippen LogP contribution in [0.15, 0.2) is 18.5 Å². The van der Waals surface area contributed by atoms with E-state index in [9.17, 15) is 10.2 Å². The van der Waals surface area contributed by atoms with Gasteiger partial charge < -0.3 is 20.1 Å². The lowest BCUT2D eigenvalue weighted by Crippen LogP contribution is -2.50. The molecule has 0 bridgehead atoms. The first-order chi connectivity index (χ1) is 7.69. The highest BCUT2D eigenvalue weighted by molar-refractivity contribution is 5.10. The Hall–Kier alpha value is -0.840. The monoisotopic (exact) mass is 226 g/mol. The zero-order valence-electron chi connectivity index (χ0n) is 10.1. The van der Waals surface area contributed by atoms with Crippen molar-refractivity contribution in [2.75, 3.05) is 13.2 Å². The van der Waals surface area contributed by atoms with E-state index < -0.39 is 5.54 Å². The molecule has 0 radical (unpaired) electrons. The van der Waals surface area contributed by atoms with Crippen LogP contribution < -0.4 is 5.32 Å². The number of aliphatic hydroxyl groups excluding tert-OH is 2. The molecule has 1 rings (SSSR count). The van der Waals surface area contributed by atoms with Crippen molar-refractivity contribution in [1.29, 1.82) is 0 Å². The molecule has 0 fully saturated rings. The first kappa shape index (κ1) is 13.2. The number of nitrogens with zero attached hydrogens (tertiary/aromatic N) is 1. The summed E-state index contributed by atoms with van der Waals surface area (Å²) in [6, 6.07) is 2.05. The van der Waals surface area contributed by atoms with Gasteiger partial charge in [0.25, 0.3) is 0 Å². The van der Waals surface area contributed by atoms with E-state index in [0.29, 0.717) is 13.0 Å². The molecule has 0 atom stereocenters. The van der Waals surface area contributed by atoms with Crippen molar-refractivity contribution in [1.82, 2.24) is 9.88 Å². The Morgan fingerprint density at radius 2 is 2.00 bits per heavy atom. The van der Waals surface area contributed by atoms with Crippen molar-refractivity contribution in [3.8, 4) is 0 Å². The number of hydrogen-bond donors (Lipinski definition) is 3. The van der Waals surface area contributed by atoms with E-state index in [1.165, 1.54) is 5.56 Å². The summed E-state index contributed by atoms with van der Waals surface area (Å²) >= 11 is 0. The fraction of sp³-hybridized carbons (Fsp3) is 0.667. The second-order valence-corrected chi connectivity index (χ2v) is 4.15. The number of aryl methyl sites for hydroxylation is 1. The van der Waals surface area contributed by atoms with Gasteiger partial charge >= 0.3 is 0 Å².